The molecule has 0 aliphatic carbocycles. The number of benzene rings is 2. The number of nitro benzene ring substituents is 1. The van der Waals surface area contributed by atoms with E-state index in [1.165, 1.54) is 12.1 Å². The minimum absolute atomic E-state index is 0.0303. The van der Waals surface area contributed by atoms with E-state index in [-0.39, 0.29) is 18.5 Å². The summed E-state index contributed by atoms with van der Waals surface area (Å²) in [4.78, 5) is 10.1. The standard InChI is InChI=1S/C15H13N3O4/c1-10(11-2-7-14-15(8-11)22-9-21-14)16-17-12-3-5-13(6-4-12)18(19)20/h2-8,10H,9H2,1H3. The number of ether oxygens (including phenoxy) is 2. The first-order chi connectivity index (χ1) is 10.6. The van der Waals surface area contributed by atoms with Gasteiger partial charge in [-0.15, -0.1) is 0 Å². The van der Waals surface area contributed by atoms with Crippen LogP contribution >= 0.6 is 0 Å². The maximum absolute atomic E-state index is 10.6. The Morgan fingerprint density at radius 3 is 2.59 bits per heavy atom. The zero-order chi connectivity index (χ0) is 15.5. The summed E-state index contributed by atoms with van der Waals surface area (Å²) in [7, 11) is 0. The van der Waals surface area contributed by atoms with Gasteiger partial charge in [0, 0.05) is 12.1 Å². The van der Waals surface area contributed by atoms with Gasteiger partial charge in [-0.05, 0) is 36.8 Å². The number of fused-ring (bicyclic) bond motifs is 1. The van der Waals surface area contributed by atoms with Gasteiger partial charge in [0.05, 0.1) is 16.7 Å². The predicted molar refractivity (Wildman–Crippen MR) is 78.6 cm³/mol. The lowest BCUT2D eigenvalue weighted by Gasteiger charge is -2.06. The molecule has 3 rings (SSSR count). The van der Waals surface area contributed by atoms with Gasteiger partial charge in [-0.25, -0.2) is 0 Å². The molecule has 0 bridgehead atoms. The minimum atomic E-state index is -0.448. The van der Waals surface area contributed by atoms with Crippen LogP contribution in [0.3, 0.4) is 0 Å². The van der Waals surface area contributed by atoms with Crippen molar-refractivity contribution < 1.29 is 14.4 Å². The van der Waals surface area contributed by atoms with Gasteiger partial charge < -0.3 is 9.47 Å². The molecule has 0 saturated carbocycles. The SMILES string of the molecule is CC(N=Nc1ccc([N+](=O)[O-])cc1)c1ccc2c(c1)OCO2. The summed E-state index contributed by atoms with van der Waals surface area (Å²) < 4.78 is 10.6. The average Bonchev–Trinajstić information content (AvgIpc) is 3.00. The Morgan fingerprint density at radius 2 is 1.86 bits per heavy atom. The molecule has 1 aliphatic rings. The Bertz CT molecular complexity index is 728. The first kappa shape index (κ1) is 14.0. The summed E-state index contributed by atoms with van der Waals surface area (Å²) in [6.45, 7) is 2.14. The van der Waals surface area contributed by atoms with E-state index in [1.54, 1.807) is 12.1 Å². The molecular weight excluding hydrogens is 286 g/mol. The third-order valence-corrected chi connectivity index (χ3v) is 3.29. The second-order valence-electron chi connectivity index (χ2n) is 4.78. The molecule has 0 saturated heterocycles. The Kier molecular flexibility index (Phi) is 3.69. The highest BCUT2D eigenvalue weighted by molar-refractivity contribution is 5.46. The van der Waals surface area contributed by atoms with Crippen molar-refractivity contribution in [2.45, 2.75) is 13.0 Å². The number of nitro groups is 1. The molecule has 0 N–H and O–H groups in total. The van der Waals surface area contributed by atoms with Gasteiger partial charge in [-0.2, -0.15) is 10.2 Å². The second-order valence-corrected chi connectivity index (χ2v) is 4.78. The van der Waals surface area contributed by atoms with Crippen LogP contribution in [0.5, 0.6) is 11.5 Å². The summed E-state index contributed by atoms with van der Waals surface area (Å²) in [6, 6.07) is 11.4. The van der Waals surface area contributed by atoms with Crippen molar-refractivity contribution in [2.24, 2.45) is 10.2 Å². The van der Waals surface area contributed by atoms with Gasteiger partial charge in [-0.1, -0.05) is 6.07 Å². The topological polar surface area (TPSA) is 86.3 Å². The molecule has 0 spiro atoms. The summed E-state index contributed by atoms with van der Waals surface area (Å²) in [5, 5.41) is 18.9. The van der Waals surface area contributed by atoms with Gasteiger partial charge >= 0.3 is 0 Å². The lowest BCUT2D eigenvalue weighted by Crippen LogP contribution is -1.93. The van der Waals surface area contributed by atoms with Gasteiger partial charge in [-0.3, -0.25) is 10.1 Å². The molecule has 2 aromatic rings. The third kappa shape index (κ3) is 2.88. The van der Waals surface area contributed by atoms with Crippen LogP contribution in [0.2, 0.25) is 0 Å². The molecule has 2 aromatic carbocycles. The molecular formula is C15H13N3O4. The maximum Gasteiger partial charge on any atom is 0.269 e. The minimum Gasteiger partial charge on any atom is -0.454 e. The van der Waals surface area contributed by atoms with Crippen LogP contribution < -0.4 is 9.47 Å². The number of hydrogen-bond donors (Lipinski definition) is 0. The second kappa shape index (κ2) is 5.80. The zero-order valence-corrected chi connectivity index (χ0v) is 11.8. The summed E-state index contributed by atoms with van der Waals surface area (Å²) >= 11 is 0. The lowest BCUT2D eigenvalue weighted by atomic mass is 10.1. The van der Waals surface area contributed by atoms with Gasteiger partial charge in [0.1, 0.15) is 0 Å². The van der Waals surface area contributed by atoms with Gasteiger partial charge in [0.15, 0.2) is 11.5 Å². The van der Waals surface area contributed by atoms with E-state index in [0.717, 1.165) is 11.3 Å². The van der Waals surface area contributed by atoms with E-state index >= 15 is 0 Å². The first-order valence-electron chi connectivity index (χ1n) is 6.68. The lowest BCUT2D eigenvalue weighted by molar-refractivity contribution is -0.384. The van der Waals surface area contributed by atoms with Crippen LogP contribution in [0.1, 0.15) is 18.5 Å². The fourth-order valence-electron chi connectivity index (χ4n) is 2.03. The molecule has 7 nitrogen and oxygen atoms in total. The highest BCUT2D eigenvalue weighted by Gasteiger charge is 2.15. The zero-order valence-electron chi connectivity index (χ0n) is 11.8. The fourth-order valence-corrected chi connectivity index (χ4v) is 2.03. The van der Waals surface area contributed by atoms with Crippen molar-refractivity contribution in [2.75, 3.05) is 6.79 Å². The fraction of sp³-hybridized carbons (Fsp3) is 0.200. The van der Waals surface area contributed by atoms with E-state index in [0.29, 0.717) is 11.4 Å². The van der Waals surface area contributed by atoms with Crippen LogP contribution in [-0.2, 0) is 0 Å². The average molecular weight is 299 g/mol. The van der Waals surface area contributed by atoms with E-state index < -0.39 is 4.92 Å². The largest absolute Gasteiger partial charge is 0.454 e. The molecule has 1 aliphatic heterocycles. The van der Waals surface area contributed by atoms with Crippen LogP contribution in [0.4, 0.5) is 11.4 Å². The Labute approximate surface area is 126 Å². The van der Waals surface area contributed by atoms with Gasteiger partial charge in [0.25, 0.3) is 5.69 Å². The molecule has 0 aromatic heterocycles. The van der Waals surface area contributed by atoms with Crippen molar-refractivity contribution in [3.8, 4) is 11.5 Å². The van der Waals surface area contributed by atoms with Crippen molar-refractivity contribution in [1.29, 1.82) is 0 Å². The first-order valence-corrected chi connectivity index (χ1v) is 6.68. The molecule has 1 unspecified atom stereocenters. The van der Waals surface area contributed by atoms with Crippen molar-refractivity contribution in [1.82, 2.24) is 0 Å². The molecule has 0 radical (unpaired) electrons. The summed E-state index contributed by atoms with van der Waals surface area (Å²) in [5.41, 5.74) is 1.55. The number of non-ortho nitro benzene ring substituents is 1. The van der Waals surface area contributed by atoms with E-state index in [9.17, 15) is 10.1 Å². The Morgan fingerprint density at radius 1 is 1.14 bits per heavy atom. The number of azo groups is 1. The van der Waals surface area contributed by atoms with Crippen molar-refractivity contribution in [3.05, 3.63) is 58.1 Å². The van der Waals surface area contributed by atoms with Crippen LogP contribution in [0.25, 0.3) is 0 Å². The van der Waals surface area contributed by atoms with E-state index in [4.69, 9.17) is 9.47 Å². The maximum atomic E-state index is 10.6. The number of nitrogens with zero attached hydrogens (tertiary/aromatic N) is 3. The normalized spacial score (nSPS) is 14.2. The van der Waals surface area contributed by atoms with Crippen molar-refractivity contribution in [3.63, 3.8) is 0 Å². The van der Waals surface area contributed by atoms with Crippen LogP contribution in [0, 0.1) is 10.1 Å². The summed E-state index contributed by atoms with van der Waals surface area (Å²) in [5.74, 6) is 1.43. The smallest absolute Gasteiger partial charge is 0.269 e. The molecule has 7 heteroatoms. The van der Waals surface area contributed by atoms with E-state index in [1.807, 2.05) is 25.1 Å². The third-order valence-electron chi connectivity index (χ3n) is 3.29. The molecule has 22 heavy (non-hydrogen) atoms. The molecule has 112 valence electrons. The molecule has 1 heterocycles. The Hall–Kier alpha value is -2.96. The number of hydrogen-bond acceptors (Lipinski definition) is 6. The van der Waals surface area contributed by atoms with Crippen LogP contribution in [0.15, 0.2) is 52.7 Å². The highest BCUT2D eigenvalue weighted by atomic mass is 16.7. The van der Waals surface area contributed by atoms with Gasteiger partial charge in [0.2, 0.25) is 6.79 Å². The summed E-state index contributed by atoms with van der Waals surface area (Å²) in [6.07, 6.45) is 0. The highest BCUT2D eigenvalue weighted by Crippen LogP contribution is 2.35. The molecule has 0 fully saturated rings. The molecule has 0 amide bonds. The predicted octanol–water partition coefficient (Wildman–Crippen LogP) is 4.17. The van der Waals surface area contributed by atoms with E-state index in [2.05, 4.69) is 10.2 Å². The van der Waals surface area contributed by atoms with Crippen LogP contribution in [-0.4, -0.2) is 11.7 Å². The Balaban J connectivity index is 1.73. The monoisotopic (exact) mass is 299 g/mol. The quantitative estimate of drug-likeness (QED) is 0.481. The molecule has 1 atom stereocenters. The number of rotatable bonds is 4. The van der Waals surface area contributed by atoms with Crippen molar-refractivity contribution >= 4 is 11.4 Å².